The van der Waals surface area contributed by atoms with Gasteiger partial charge in [-0.3, -0.25) is 0 Å². The van der Waals surface area contributed by atoms with E-state index in [1.807, 2.05) is 30.3 Å². The molecule has 0 heterocycles. The third-order valence-corrected chi connectivity index (χ3v) is 12.5. The summed E-state index contributed by atoms with van der Waals surface area (Å²) >= 11 is 1.64. The Bertz CT molecular complexity index is 1460. The summed E-state index contributed by atoms with van der Waals surface area (Å²) in [6.45, 7) is 0. The van der Waals surface area contributed by atoms with E-state index in [2.05, 4.69) is 141 Å². The smallest absolute Gasteiger partial charge is 0.172 e. The summed E-state index contributed by atoms with van der Waals surface area (Å²) in [6.07, 6.45) is 0. The Morgan fingerprint density at radius 2 is 0.950 bits per heavy atom. The van der Waals surface area contributed by atoms with E-state index in [1.54, 1.807) is 23.3 Å². The van der Waals surface area contributed by atoms with Gasteiger partial charge in [0.05, 0.1) is 0 Å². The first-order chi connectivity index (χ1) is 18.4. The van der Waals surface area contributed by atoms with Crippen LogP contribution in [-0.4, -0.2) is 33.6 Å². The van der Waals surface area contributed by atoms with Crippen LogP contribution in [0.1, 0.15) is 0 Å². The van der Waals surface area contributed by atoms with E-state index in [0.29, 0.717) is 0 Å². The van der Waals surface area contributed by atoms with Gasteiger partial charge < -0.3 is 34.6 Å². The van der Waals surface area contributed by atoms with Crippen molar-refractivity contribution in [3.63, 3.8) is 0 Å². The monoisotopic (exact) mass is 658 g/mol. The van der Waals surface area contributed by atoms with Crippen molar-refractivity contribution in [1.29, 1.82) is 0 Å². The summed E-state index contributed by atoms with van der Waals surface area (Å²) in [7, 11) is 8.31. The molecule has 0 aliphatic carbocycles. The quantitative estimate of drug-likeness (QED) is 0.202. The van der Waals surface area contributed by atoms with E-state index < -0.39 is 5.43 Å². The van der Waals surface area contributed by atoms with Crippen LogP contribution in [0.5, 0.6) is 0 Å². The Morgan fingerprint density at radius 1 is 0.550 bits per heavy atom. The molecule has 0 radical (unpaired) electrons. The predicted octanol–water partition coefficient (Wildman–Crippen LogP) is 0.597. The number of rotatable bonds is 4. The van der Waals surface area contributed by atoms with Crippen LogP contribution in [0.3, 0.4) is 0 Å². The van der Waals surface area contributed by atoms with Crippen molar-refractivity contribution < 1.29 is 48.1 Å². The van der Waals surface area contributed by atoms with Crippen LogP contribution in [0.4, 0.5) is 11.4 Å². The van der Waals surface area contributed by atoms with Gasteiger partial charge in [0, 0.05) is 39.6 Å². The molecule has 0 unspecified atom stereocenters. The van der Waals surface area contributed by atoms with E-state index in [1.165, 1.54) is 43.3 Å². The molecule has 6 rings (SSSR count). The second kappa shape index (κ2) is 16.6. The van der Waals surface area contributed by atoms with Crippen LogP contribution in [0, 0.1) is 0 Å². The molecule has 0 amide bonds. The number of benzene rings is 4. The van der Waals surface area contributed by atoms with Crippen LogP contribution in [0.25, 0.3) is 21.5 Å². The molecule has 0 aromatic heterocycles. The van der Waals surface area contributed by atoms with Crippen molar-refractivity contribution in [2.24, 2.45) is 0 Å². The maximum atomic E-state index is 2.28. The molecule has 0 bridgehead atoms. The molecule has 0 aliphatic rings. The molecule has 2 nitrogen and oxygen atoms in total. The van der Waals surface area contributed by atoms with E-state index in [0.717, 1.165) is 0 Å². The summed E-state index contributed by atoms with van der Waals surface area (Å²) in [4.78, 5) is 4.28. The minimum absolute atomic E-state index is 0. The largest absolute Gasteiger partial charge is 0.214 e. The zero-order valence-electron chi connectivity index (χ0n) is 23.4. The zero-order valence-corrected chi connectivity index (χ0v) is 28.3. The minimum Gasteiger partial charge on any atom is -0.214 e. The molecule has 0 atom stereocenters. The third-order valence-electron chi connectivity index (χ3n) is 6.38. The molecular weight excluding hydrogens is 627 g/mol. The predicted molar refractivity (Wildman–Crippen MR) is 166 cm³/mol. The van der Waals surface area contributed by atoms with Gasteiger partial charge >= 0.3 is 99.8 Å². The summed E-state index contributed by atoms with van der Waals surface area (Å²) in [5, 5.41) is 8.34. The second-order valence-electron chi connectivity index (χ2n) is 9.55. The molecule has 0 fully saturated rings. The number of anilines is 2. The van der Waals surface area contributed by atoms with Gasteiger partial charge in [-0.05, 0) is 0 Å². The Kier molecular flexibility index (Phi) is 13.9. The Hall–Kier alpha value is -2.62. The zero-order chi connectivity index (χ0) is 26.9. The molecule has 0 saturated heterocycles. The molecule has 0 N–H and O–H groups in total. The van der Waals surface area contributed by atoms with E-state index in [9.17, 15) is 0 Å². The van der Waals surface area contributed by atoms with Crippen LogP contribution in [0.2, 0.25) is 0 Å². The van der Waals surface area contributed by atoms with Crippen LogP contribution >= 0.6 is 0 Å². The first kappa shape index (κ1) is 33.6. The average Bonchev–Trinajstić information content (AvgIpc) is 3.65. The molecule has 204 valence electrons. The van der Waals surface area contributed by atoms with Crippen molar-refractivity contribution in [3.05, 3.63) is 133 Å². The van der Waals surface area contributed by atoms with E-state index in [-0.39, 0.29) is 24.8 Å². The van der Waals surface area contributed by atoms with Gasteiger partial charge in [-0.1, -0.05) is 36.4 Å². The molecule has 6 aromatic carbocycles. The van der Waals surface area contributed by atoms with Gasteiger partial charge in [0.15, 0.2) is 0 Å². The van der Waals surface area contributed by atoms with Crippen LogP contribution in [0.15, 0.2) is 133 Å². The van der Waals surface area contributed by atoms with Crippen molar-refractivity contribution in [3.8, 4) is 0 Å². The Labute approximate surface area is 266 Å². The maximum absolute atomic E-state index is 2.28. The summed E-state index contributed by atoms with van der Waals surface area (Å²) in [5.74, 6) is 0. The second-order valence-corrected chi connectivity index (χ2v) is 15.1. The summed E-state index contributed by atoms with van der Waals surface area (Å²) in [5.41, 5.74) is 2.04. The van der Waals surface area contributed by atoms with Crippen molar-refractivity contribution in [1.82, 2.24) is 0 Å². The molecular formula is C34H34Cl2N2SiZr-2. The van der Waals surface area contributed by atoms with E-state index >= 15 is 0 Å². The third kappa shape index (κ3) is 8.94. The van der Waals surface area contributed by atoms with Crippen molar-refractivity contribution in [2.75, 3.05) is 38.0 Å². The fourth-order valence-electron chi connectivity index (χ4n) is 4.25. The molecule has 40 heavy (non-hydrogen) atoms. The number of hydrogen-bond donors (Lipinski definition) is 0. The number of nitrogens with zero attached hydrogens (tertiary/aromatic N) is 2. The number of halogens is 2. The van der Waals surface area contributed by atoms with Gasteiger partial charge in [-0.15, -0.1) is 27.6 Å². The fraction of sp³-hybridized carbons (Fsp3) is 0.118. The Morgan fingerprint density at radius 3 is 1.27 bits per heavy atom. The van der Waals surface area contributed by atoms with Crippen LogP contribution < -0.4 is 45.0 Å². The summed E-state index contributed by atoms with van der Waals surface area (Å²) < 4.78 is 0. The first-order valence-electron chi connectivity index (χ1n) is 12.8. The molecule has 6 heteroatoms. The van der Waals surface area contributed by atoms with Gasteiger partial charge in [0.1, 0.15) is 0 Å². The normalized spacial score (nSPS) is 9.75. The van der Waals surface area contributed by atoms with Crippen LogP contribution in [-0.2, 0) is 23.3 Å². The SMILES string of the molecule is CN(C)c1ccc2c(c1)[cH-]c1cc(N(C)C)ccc12.[Cl-].[Cl-].[Zr+2]=[Si](c1ccccc1)c1ccccc1.c1cc[cH-]c1. The van der Waals surface area contributed by atoms with Crippen molar-refractivity contribution in [2.45, 2.75) is 0 Å². The van der Waals surface area contributed by atoms with E-state index in [4.69, 9.17) is 0 Å². The number of fused-ring (bicyclic) bond motifs is 3. The average molecular weight is 661 g/mol. The minimum atomic E-state index is -0.455. The molecule has 0 saturated carbocycles. The molecule has 6 aromatic rings. The first-order valence-corrected chi connectivity index (χ1v) is 18.0. The topological polar surface area (TPSA) is 6.48 Å². The van der Waals surface area contributed by atoms with Gasteiger partial charge in [-0.2, -0.15) is 18.2 Å². The molecule has 0 spiro atoms. The Balaban J connectivity index is 0.000000235. The van der Waals surface area contributed by atoms with Crippen molar-refractivity contribution >= 4 is 48.7 Å². The number of hydrogen-bond acceptors (Lipinski definition) is 2. The standard InChI is InChI=1S/C17H19N2.C12H10Si.C5H5.2ClH.Zr/c1-18(2)14-5-7-16-12(10-14)9-13-11-15(19(3)4)6-8-17(13)16;1-3-7-11(8-4-1)13-12-9-5-2-6-10-12;1-2-4-5-3-1;;;/h5-11H,1-4H3;1-10H;1-5H;2*1H;/q-1;;-1;;;+2/p-2. The van der Waals surface area contributed by atoms with Gasteiger partial charge in [0.2, 0.25) is 0 Å². The van der Waals surface area contributed by atoms with Gasteiger partial charge in [0.25, 0.3) is 0 Å². The maximum Gasteiger partial charge on any atom is -0.172 e. The summed E-state index contributed by atoms with van der Waals surface area (Å²) in [6, 6.07) is 47.3. The van der Waals surface area contributed by atoms with Gasteiger partial charge in [-0.25, -0.2) is 12.1 Å². The molecule has 0 aliphatic heterocycles. The fourth-order valence-corrected chi connectivity index (χ4v) is 8.09.